The highest BCUT2D eigenvalue weighted by Crippen LogP contribution is 2.33. The fourth-order valence-electron chi connectivity index (χ4n) is 1.74. The van der Waals surface area contributed by atoms with Gasteiger partial charge < -0.3 is 15.0 Å². The number of carbonyl (C=O) groups excluding carboxylic acids is 1. The van der Waals surface area contributed by atoms with Gasteiger partial charge >= 0.3 is 0 Å². The summed E-state index contributed by atoms with van der Waals surface area (Å²) < 4.78 is 5.39. The number of hydrogen-bond donors (Lipinski definition) is 1. The van der Waals surface area contributed by atoms with Gasteiger partial charge in [-0.1, -0.05) is 20.8 Å². The van der Waals surface area contributed by atoms with Gasteiger partial charge in [-0.3, -0.25) is 4.79 Å². The van der Waals surface area contributed by atoms with E-state index in [1.807, 2.05) is 18.2 Å². The minimum Gasteiger partial charge on any atom is -0.496 e. The molecular weight excluding hydrogens is 240 g/mol. The summed E-state index contributed by atoms with van der Waals surface area (Å²) >= 11 is 0. The molecule has 0 heterocycles. The molecule has 4 heteroatoms. The molecule has 1 N–H and O–H groups in total. The Labute approximate surface area is 115 Å². The third-order valence-electron chi connectivity index (χ3n) is 2.95. The number of hydrogen-bond acceptors (Lipinski definition) is 3. The molecule has 1 rings (SSSR count). The molecule has 0 aromatic heterocycles. The van der Waals surface area contributed by atoms with Gasteiger partial charge in [-0.25, -0.2) is 0 Å². The van der Waals surface area contributed by atoms with E-state index < -0.39 is 0 Å². The van der Waals surface area contributed by atoms with Crippen LogP contribution in [0.15, 0.2) is 18.2 Å². The van der Waals surface area contributed by atoms with Crippen LogP contribution in [0.4, 0.5) is 5.69 Å². The highest BCUT2D eigenvalue weighted by molar-refractivity contribution is 5.80. The highest BCUT2D eigenvalue weighted by atomic mass is 16.5. The molecule has 19 heavy (non-hydrogen) atoms. The molecule has 0 radical (unpaired) electrons. The lowest BCUT2D eigenvalue weighted by atomic mass is 9.86. The van der Waals surface area contributed by atoms with Gasteiger partial charge in [0.1, 0.15) is 5.75 Å². The smallest absolute Gasteiger partial charge is 0.241 e. The van der Waals surface area contributed by atoms with Crippen LogP contribution in [-0.4, -0.2) is 38.6 Å². The molecule has 0 atom stereocenters. The Kier molecular flexibility index (Phi) is 4.81. The number of benzene rings is 1. The second kappa shape index (κ2) is 5.95. The van der Waals surface area contributed by atoms with Gasteiger partial charge in [0.25, 0.3) is 0 Å². The van der Waals surface area contributed by atoms with Crippen molar-refractivity contribution in [2.24, 2.45) is 0 Å². The first-order chi connectivity index (χ1) is 8.75. The molecule has 1 aromatic carbocycles. The van der Waals surface area contributed by atoms with Gasteiger partial charge in [-0.2, -0.15) is 0 Å². The first-order valence-electron chi connectivity index (χ1n) is 6.38. The third-order valence-corrected chi connectivity index (χ3v) is 2.95. The van der Waals surface area contributed by atoms with Crippen LogP contribution in [0.5, 0.6) is 5.75 Å². The molecule has 4 nitrogen and oxygen atoms in total. The number of anilines is 1. The van der Waals surface area contributed by atoms with Crippen LogP contribution in [0.3, 0.4) is 0 Å². The van der Waals surface area contributed by atoms with E-state index in [0.29, 0.717) is 6.54 Å². The van der Waals surface area contributed by atoms with Crippen molar-refractivity contribution in [2.45, 2.75) is 26.2 Å². The summed E-state index contributed by atoms with van der Waals surface area (Å²) in [5.41, 5.74) is 2.05. The van der Waals surface area contributed by atoms with Crippen molar-refractivity contribution < 1.29 is 9.53 Å². The summed E-state index contributed by atoms with van der Waals surface area (Å²) in [6.45, 7) is 6.71. The van der Waals surface area contributed by atoms with E-state index in [0.717, 1.165) is 17.0 Å². The molecule has 0 bridgehead atoms. The maximum Gasteiger partial charge on any atom is 0.241 e. The molecule has 0 aliphatic rings. The minimum atomic E-state index is -0.00537. The monoisotopic (exact) mass is 264 g/mol. The van der Waals surface area contributed by atoms with Crippen molar-refractivity contribution in [3.8, 4) is 5.75 Å². The lowest BCUT2D eigenvalue weighted by Crippen LogP contribution is -2.28. The van der Waals surface area contributed by atoms with Crippen LogP contribution >= 0.6 is 0 Å². The average Bonchev–Trinajstić information content (AvgIpc) is 2.34. The van der Waals surface area contributed by atoms with Crippen LogP contribution in [0, 0.1) is 0 Å². The number of carbonyl (C=O) groups is 1. The summed E-state index contributed by atoms with van der Waals surface area (Å²) in [5, 5.41) is 3.14. The summed E-state index contributed by atoms with van der Waals surface area (Å²) in [5.74, 6) is 0.921. The molecule has 0 saturated carbocycles. The number of ether oxygens (including phenoxy) is 1. The average molecular weight is 264 g/mol. The molecule has 1 amide bonds. The number of amides is 1. The van der Waals surface area contributed by atoms with E-state index in [9.17, 15) is 4.79 Å². The Morgan fingerprint density at radius 3 is 2.42 bits per heavy atom. The molecule has 0 unspecified atom stereocenters. The quantitative estimate of drug-likeness (QED) is 0.908. The van der Waals surface area contributed by atoms with E-state index in [-0.39, 0.29) is 11.3 Å². The maximum atomic E-state index is 11.6. The Balaban J connectivity index is 2.90. The van der Waals surface area contributed by atoms with Gasteiger partial charge in [-0.05, 0) is 23.6 Å². The number of rotatable bonds is 4. The Bertz CT molecular complexity index is 448. The largest absolute Gasteiger partial charge is 0.496 e. The number of likely N-dealkylation sites (N-methyl/N-ethyl adjacent to an activating group) is 1. The summed E-state index contributed by atoms with van der Waals surface area (Å²) in [4.78, 5) is 13.1. The van der Waals surface area contributed by atoms with E-state index in [1.165, 1.54) is 0 Å². The van der Waals surface area contributed by atoms with Gasteiger partial charge in [0.05, 0.1) is 13.7 Å². The van der Waals surface area contributed by atoms with Gasteiger partial charge in [0, 0.05) is 25.3 Å². The summed E-state index contributed by atoms with van der Waals surface area (Å²) in [6.07, 6.45) is 0. The second-order valence-corrected chi connectivity index (χ2v) is 5.81. The zero-order valence-corrected chi connectivity index (χ0v) is 12.7. The van der Waals surface area contributed by atoms with E-state index in [2.05, 4.69) is 26.1 Å². The maximum absolute atomic E-state index is 11.6. The van der Waals surface area contributed by atoms with Crippen molar-refractivity contribution in [2.75, 3.05) is 33.1 Å². The Hall–Kier alpha value is -1.71. The highest BCUT2D eigenvalue weighted by Gasteiger charge is 2.19. The molecule has 0 aliphatic carbocycles. The lowest BCUT2D eigenvalue weighted by Gasteiger charge is -2.23. The molecule has 106 valence electrons. The molecule has 0 saturated heterocycles. The topological polar surface area (TPSA) is 41.6 Å². The standard InChI is InChI=1S/C15H24N2O2/c1-15(2,3)12-9-11(7-8-13(12)19-6)16-10-14(18)17(4)5/h7-9,16H,10H2,1-6H3. The predicted octanol–water partition coefficient (Wildman–Crippen LogP) is 2.49. The normalized spacial score (nSPS) is 11.1. The van der Waals surface area contributed by atoms with Gasteiger partial charge in [0.2, 0.25) is 5.91 Å². The van der Waals surface area contributed by atoms with Crippen molar-refractivity contribution in [1.82, 2.24) is 4.90 Å². The van der Waals surface area contributed by atoms with E-state index in [1.54, 1.807) is 26.1 Å². The zero-order valence-electron chi connectivity index (χ0n) is 12.7. The summed E-state index contributed by atoms with van der Waals surface area (Å²) in [6, 6.07) is 5.90. The van der Waals surface area contributed by atoms with Crippen LogP contribution in [0.25, 0.3) is 0 Å². The third kappa shape index (κ3) is 4.16. The summed E-state index contributed by atoms with van der Waals surface area (Å²) in [7, 11) is 5.17. The molecule has 0 spiro atoms. The number of nitrogens with zero attached hydrogens (tertiary/aromatic N) is 1. The fourth-order valence-corrected chi connectivity index (χ4v) is 1.74. The van der Waals surface area contributed by atoms with Crippen LogP contribution in [0.2, 0.25) is 0 Å². The van der Waals surface area contributed by atoms with Crippen molar-refractivity contribution in [1.29, 1.82) is 0 Å². The Morgan fingerprint density at radius 2 is 1.95 bits per heavy atom. The zero-order chi connectivity index (χ0) is 14.6. The van der Waals surface area contributed by atoms with Gasteiger partial charge in [0.15, 0.2) is 0 Å². The lowest BCUT2D eigenvalue weighted by molar-refractivity contribution is -0.126. The fraction of sp³-hybridized carbons (Fsp3) is 0.533. The van der Waals surface area contributed by atoms with Crippen LogP contribution in [-0.2, 0) is 10.2 Å². The van der Waals surface area contributed by atoms with E-state index in [4.69, 9.17) is 4.74 Å². The van der Waals surface area contributed by atoms with Gasteiger partial charge in [-0.15, -0.1) is 0 Å². The molecule has 0 fully saturated rings. The molecule has 0 aliphatic heterocycles. The minimum absolute atomic E-state index is 0.00537. The predicted molar refractivity (Wildman–Crippen MR) is 78.9 cm³/mol. The van der Waals surface area contributed by atoms with Crippen molar-refractivity contribution in [3.05, 3.63) is 23.8 Å². The Morgan fingerprint density at radius 1 is 1.32 bits per heavy atom. The van der Waals surface area contributed by atoms with Crippen LogP contribution in [0.1, 0.15) is 26.3 Å². The second-order valence-electron chi connectivity index (χ2n) is 5.81. The van der Waals surface area contributed by atoms with Crippen molar-refractivity contribution in [3.63, 3.8) is 0 Å². The first-order valence-corrected chi connectivity index (χ1v) is 6.38. The van der Waals surface area contributed by atoms with Crippen LogP contribution < -0.4 is 10.1 Å². The number of methoxy groups -OCH3 is 1. The van der Waals surface area contributed by atoms with E-state index >= 15 is 0 Å². The SMILES string of the molecule is COc1ccc(NCC(=O)N(C)C)cc1C(C)(C)C. The molecule has 1 aromatic rings. The number of nitrogens with one attached hydrogen (secondary N) is 1. The first kappa shape index (κ1) is 15.3. The van der Waals surface area contributed by atoms with Crippen molar-refractivity contribution >= 4 is 11.6 Å². The molecular formula is C15H24N2O2.